The Morgan fingerprint density at radius 3 is 2.30 bits per heavy atom. The summed E-state index contributed by atoms with van der Waals surface area (Å²) >= 11 is 0. The van der Waals surface area contributed by atoms with Gasteiger partial charge in [0.15, 0.2) is 0 Å². The smallest absolute Gasteiger partial charge is 0.226 e. The second-order valence-electron chi connectivity index (χ2n) is 7.13. The van der Waals surface area contributed by atoms with E-state index in [9.17, 15) is 4.79 Å². The second-order valence-corrected chi connectivity index (χ2v) is 7.13. The molecule has 0 heterocycles. The van der Waals surface area contributed by atoms with Crippen molar-refractivity contribution < 1.29 is 9.53 Å². The number of rotatable bonds is 8. The zero-order valence-corrected chi connectivity index (χ0v) is 15.5. The predicted molar refractivity (Wildman–Crippen MR) is 97.1 cm³/mol. The van der Waals surface area contributed by atoms with Gasteiger partial charge in [-0.2, -0.15) is 0 Å². The Balaban J connectivity index is 0.00000264. The van der Waals surface area contributed by atoms with E-state index in [2.05, 4.69) is 10.6 Å². The maximum Gasteiger partial charge on any atom is 0.226 e. The van der Waals surface area contributed by atoms with Crippen LogP contribution >= 0.6 is 12.4 Å². The number of halogens is 1. The van der Waals surface area contributed by atoms with E-state index in [0.29, 0.717) is 12.6 Å². The SMILES string of the molecule is COCCC1(C(=O)NCCNC2CCCCCC2)CCCC1.Cl. The summed E-state index contributed by atoms with van der Waals surface area (Å²) in [5, 5.41) is 6.80. The number of nitrogens with one attached hydrogen (secondary N) is 2. The fraction of sp³-hybridized carbons (Fsp3) is 0.944. The summed E-state index contributed by atoms with van der Waals surface area (Å²) in [6, 6.07) is 0.660. The van der Waals surface area contributed by atoms with Crippen LogP contribution in [-0.2, 0) is 9.53 Å². The highest BCUT2D eigenvalue weighted by atomic mass is 35.5. The summed E-state index contributed by atoms with van der Waals surface area (Å²) in [5.41, 5.74) is -0.154. The lowest BCUT2D eigenvalue weighted by Gasteiger charge is -2.27. The summed E-state index contributed by atoms with van der Waals surface area (Å²) in [6.07, 6.45) is 13.3. The lowest BCUT2D eigenvalue weighted by molar-refractivity contribution is -0.131. The Kier molecular flexibility index (Phi) is 10.2. The van der Waals surface area contributed by atoms with Crippen molar-refractivity contribution in [1.82, 2.24) is 10.6 Å². The first-order chi connectivity index (χ1) is 10.8. The molecule has 2 aliphatic carbocycles. The van der Waals surface area contributed by atoms with Crippen LogP contribution in [0.15, 0.2) is 0 Å². The van der Waals surface area contributed by atoms with E-state index >= 15 is 0 Å². The van der Waals surface area contributed by atoms with E-state index in [1.54, 1.807) is 7.11 Å². The maximum atomic E-state index is 12.6. The van der Waals surface area contributed by atoms with Crippen LogP contribution in [0.5, 0.6) is 0 Å². The molecule has 136 valence electrons. The van der Waals surface area contributed by atoms with Crippen LogP contribution in [-0.4, -0.2) is 38.8 Å². The summed E-state index contributed by atoms with van der Waals surface area (Å²) < 4.78 is 5.20. The third kappa shape index (κ3) is 6.60. The van der Waals surface area contributed by atoms with E-state index in [1.165, 1.54) is 51.4 Å². The maximum absolute atomic E-state index is 12.6. The highest BCUT2D eigenvalue weighted by Gasteiger charge is 2.40. The van der Waals surface area contributed by atoms with Gasteiger partial charge in [0.1, 0.15) is 0 Å². The minimum absolute atomic E-state index is 0. The standard InChI is InChI=1S/C18H34N2O2.ClH/c1-22-15-12-18(10-6-7-11-18)17(21)20-14-13-19-16-8-4-2-3-5-9-16;/h16,19H,2-15H2,1H3,(H,20,21);1H. The molecule has 5 heteroatoms. The van der Waals surface area contributed by atoms with Crippen LogP contribution in [0.2, 0.25) is 0 Å². The third-order valence-electron chi connectivity index (χ3n) is 5.53. The van der Waals surface area contributed by atoms with Crippen molar-refractivity contribution in [2.75, 3.05) is 26.8 Å². The van der Waals surface area contributed by atoms with Crippen molar-refractivity contribution in [2.45, 2.75) is 76.7 Å². The van der Waals surface area contributed by atoms with Gasteiger partial charge in [-0.05, 0) is 32.1 Å². The highest BCUT2D eigenvalue weighted by molar-refractivity contribution is 5.85. The summed E-state index contributed by atoms with van der Waals surface area (Å²) in [7, 11) is 1.72. The molecule has 2 N–H and O–H groups in total. The first kappa shape index (κ1) is 20.7. The van der Waals surface area contributed by atoms with Gasteiger partial charge < -0.3 is 15.4 Å². The van der Waals surface area contributed by atoms with Gasteiger partial charge in [-0.1, -0.05) is 38.5 Å². The van der Waals surface area contributed by atoms with Crippen molar-refractivity contribution in [3.05, 3.63) is 0 Å². The monoisotopic (exact) mass is 346 g/mol. The van der Waals surface area contributed by atoms with Crippen molar-refractivity contribution >= 4 is 18.3 Å². The molecule has 4 nitrogen and oxygen atoms in total. The largest absolute Gasteiger partial charge is 0.385 e. The van der Waals surface area contributed by atoms with E-state index in [4.69, 9.17) is 4.74 Å². The molecule has 2 rings (SSSR count). The Labute approximate surface area is 147 Å². The fourth-order valence-electron chi connectivity index (χ4n) is 4.06. The quantitative estimate of drug-likeness (QED) is 0.523. The van der Waals surface area contributed by atoms with Gasteiger partial charge in [0, 0.05) is 32.8 Å². The van der Waals surface area contributed by atoms with Crippen molar-refractivity contribution in [3.63, 3.8) is 0 Å². The molecule has 0 bridgehead atoms. The number of hydrogen-bond acceptors (Lipinski definition) is 3. The van der Waals surface area contributed by atoms with Gasteiger partial charge in [0.2, 0.25) is 5.91 Å². The van der Waals surface area contributed by atoms with Gasteiger partial charge >= 0.3 is 0 Å². The number of amides is 1. The van der Waals surface area contributed by atoms with Gasteiger partial charge in [-0.15, -0.1) is 12.4 Å². The summed E-state index contributed by atoms with van der Waals surface area (Å²) in [6.45, 7) is 2.34. The molecule has 0 aliphatic heterocycles. The molecule has 1 amide bonds. The van der Waals surface area contributed by atoms with E-state index in [-0.39, 0.29) is 23.7 Å². The lowest BCUT2D eigenvalue weighted by Crippen LogP contribution is -2.43. The van der Waals surface area contributed by atoms with E-state index in [0.717, 1.165) is 32.4 Å². The Morgan fingerprint density at radius 2 is 1.70 bits per heavy atom. The molecule has 2 fully saturated rings. The molecular weight excluding hydrogens is 312 g/mol. The van der Waals surface area contributed by atoms with E-state index in [1.807, 2.05) is 0 Å². The third-order valence-corrected chi connectivity index (χ3v) is 5.53. The molecule has 0 aromatic heterocycles. The lowest BCUT2D eigenvalue weighted by atomic mass is 9.82. The number of hydrogen-bond donors (Lipinski definition) is 2. The highest BCUT2D eigenvalue weighted by Crippen LogP contribution is 2.41. The van der Waals surface area contributed by atoms with Crippen LogP contribution in [0.1, 0.15) is 70.6 Å². The fourth-order valence-corrected chi connectivity index (χ4v) is 4.06. The first-order valence-electron chi connectivity index (χ1n) is 9.27. The summed E-state index contributed by atoms with van der Waals surface area (Å²) in [5.74, 6) is 0.254. The minimum Gasteiger partial charge on any atom is -0.385 e. The van der Waals surface area contributed by atoms with Crippen molar-refractivity contribution in [3.8, 4) is 0 Å². The molecule has 2 saturated carbocycles. The zero-order valence-electron chi connectivity index (χ0n) is 14.7. The Hall–Kier alpha value is -0.320. The molecular formula is C18H35ClN2O2. The van der Waals surface area contributed by atoms with Crippen molar-refractivity contribution in [1.29, 1.82) is 0 Å². The average Bonchev–Trinajstić information content (AvgIpc) is 2.87. The number of ether oxygens (including phenoxy) is 1. The minimum atomic E-state index is -0.154. The molecule has 0 spiro atoms. The van der Waals surface area contributed by atoms with Gasteiger partial charge in [-0.3, -0.25) is 4.79 Å². The van der Waals surface area contributed by atoms with Crippen LogP contribution in [0.25, 0.3) is 0 Å². The Bertz CT molecular complexity index is 325. The van der Waals surface area contributed by atoms with Gasteiger partial charge in [-0.25, -0.2) is 0 Å². The summed E-state index contributed by atoms with van der Waals surface area (Å²) in [4.78, 5) is 12.6. The van der Waals surface area contributed by atoms with Gasteiger partial charge in [0.25, 0.3) is 0 Å². The number of methoxy groups -OCH3 is 1. The van der Waals surface area contributed by atoms with Crippen LogP contribution in [0.4, 0.5) is 0 Å². The molecule has 0 unspecified atom stereocenters. The molecule has 2 aliphatic rings. The van der Waals surface area contributed by atoms with Crippen molar-refractivity contribution in [2.24, 2.45) is 5.41 Å². The molecule has 0 radical (unpaired) electrons. The normalized spacial score (nSPS) is 21.4. The van der Waals surface area contributed by atoms with Crippen LogP contribution in [0, 0.1) is 5.41 Å². The first-order valence-corrected chi connectivity index (χ1v) is 9.27. The molecule has 0 aromatic carbocycles. The molecule has 0 saturated heterocycles. The van der Waals surface area contributed by atoms with Crippen LogP contribution < -0.4 is 10.6 Å². The van der Waals surface area contributed by atoms with E-state index < -0.39 is 0 Å². The molecule has 0 atom stereocenters. The van der Waals surface area contributed by atoms with Crippen LogP contribution in [0.3, 0.4) is 0 Å². The Morgan fingerprint density at radius 1 is 1.04 bits per heavy atom. The topological polar surface area (TPSA) is 50.4 Å². The zero-order chi connectivity index (χ0) is 15.7. The number of carbonyl (C=O) groups is 1. The van der Waals surface area contributed by atoms with Gasteiger partial charge in [0.05, 0.1) is 5.41 Å². The molecule has 0 aromatic rings. The second kappa shape index (κ2) is 11.3. The average molecular weight is 347 g/mol. The predicted octanol–water partition coefficient (Wildman–Crippen LogP) is 3.43. The molecule has 23 heavy (non-hydrogen) atoms. The number of carbonyl (C=O) groups excluding carboxylic acids is 1.